The van der Waals surface area contributed by atoms with E-state index in [2.05, 4.69) is 9.88 Å². The van der Waals surface area contributed by atoms with E-state index in [1.807, 2.05) is 10.3 Å². The number of hydrogen-bond donors (Lipinski definition) is 0. The van der Waals surface area contributed by atoms with Crippen molar-refractivity contribution in [2.24, 2.45) is 0 Å². The van der Waals surface area contributed by atoms with Crippen LogP contribution < -0.4 is 4.90 Å². The number of piperazine rings is 1. The first-order valence-corrected chi connectivity index (χ1v) is 7.31. The van der Waals surface area contributed by atoms with Gasteiger partial charge in [-0.15, -0.1) is 11.3 Å². The second-order valence-electron chi connectivity index (χ2n) is 4.59. The van der Waals surface area contributed by atoms with Crippen LogP contribution in [-0.4, -0.2) is 42.0 Å². The van der Waals surface area contributed by atoms with E-state index < -0.39 is 0 Å². The molecule has 1 aromatic heterocycles. The highest BCUT2D eigenvalue weighted by Crippen LogP contribution is 2.18. The highest BCUT2D eigenvalue weighted by molar-refractivity contribution is 7.11. The van der Waals surface area contributed by atoms with E-state index in [0.717, 1.165) is 18.8 Å². The van der Waals surface area contributed by atoms with Gasteiger partial charge >= 0.3 is 0 Å². The zero-order valence-corrected chi connectivity index (χ0v) is 11.6. The minimum atomic E-state index is -0.230. The third kappa shape index (κ3) is 2.65. The maximum Gasteiger partial charge on any atom is 0.282 e. The van der Waals surface area contributed by atoms with Crippen LogP contribution in [0, 0.1) is 5.82 Å². The maximum atomic E-state index is 12.9. The molecule has 0 spiro atoms. The van der Waals surface area contributed by atoms with Gasteiger partial charge in [-0.25, -0.2) is 9.37 Å². The van der Waals surface area contributed by atoms with E-state index in [4.69, 9.17) is 0 Å². The molecule has 6 heteroatoms. The van der Waals surface area contributed by atoms with Crippen molar-refractivity contribution >= 4 is 22.9 Å². The third-order valence-electron chi connectivity index (χ3n) is 3.37. The molecule has 0 N–H and O–H groups in total. The lowest BCUT2D eigenvalue weighted by atomic mass is 10.2. The Morgan fingerprint density at radius 2 is 1.85 bits per heavy atom. The fourth-order valence-corrected chi connectivity index (χ4v) is 2.89. The molecule has 0 aliphatic carbocycles. The topological polar surface area (TPSA) is 36.4 Å². The highest BCUT2D eigenvalue weighted by Gasteiger charge is 2.23. The second kappa shape index (κ2) is 5.58. The van der Waals surface area contributed by atoms with Gasteiger partial charge < -0.3 is 9.80 Å². The van der Waals surface area contributed by atoms with E-state index in [1.54, 1.807) is 18.3 Å². The Bertz CT molecular complexity index is 577. The van der Waals surface area contributed by atoms with Crippen LogP contribution in [0.2, 0.25) is 0 Å². The summed E-state index contributed by atoms with van der Waals surface area (Å²) in [6, 6.07) is 6.46. The number of rotatable bonds is 2. The molecular weight excluding hydrogens is 277 g/mol. The van der Waals surface area contributed by atoms with Gasteiger partial charge in [-0.05, 0) is 24.3 Å². The largest absolute Gasteiger partial charge is 0.368 e. The van der Waals surface area contributed by atoms with Gasteiger partial charge in [0.1, 0.15) is 5.82 Å². The van der Waals surface area contributed by atoms with Gasteiger partial charge in [0.25, 0.3) is 5.91 Å². The van der Waals surface area contributed by atoms with E-state index >= 15 is 0 Å². The first-order chi connectivity index (χ1) is 9.74. The summed E-state index contributed by atoms with van der Waals surface area (Å²) in [4.78, 5) is 20.2. The SMILES string of the molecule is O=C(c1nccs1)N1CCN(c2ccc(F)cc2)CC1. The molecule has 1 fully saturated rings. The summed E-state index contributed by atoms with van der Waals surface area (Å²) in [6.07, 6.45) is 1.65. The van der Waals surface area contributed by atoms with Crippen molar-refractivity contribution in [2.45, 2.75) is 0 Å². The van der Waals surface area contributed by atoms with Crippen molar-refractivity contribution in [2.75, 3.05) is 31.1 Å². The zero-order chi connectivity index (χ0) is 13.9. The number of halogens is 1. The highest BCUT2D eigenvalue weighted by atomic mass is 32.1. The molecule has 20 heavy (non-hydrogen) atoms. The molecule has 2 aromatic rings. The summed E-state index contributed by atoms with van der Waals surface area (Å²) in [5.74, 6) is -0.231. The summed E-state index contributed by atoms with van der Waals surface area (Å²) in [5.41, 5.74) is 0.993. The van der Waals surface area contributed by atoms with Crippen LogP contribution in [0.1, 0.15) is 9.80 Å². The van der Waals surface area contributed by atoms with Crippen LogP contribution >= 0.6 is 11.3 Å². The van der Waals surface area contributed by atoms with Crippen LogP contribution in [0.3, 0.4) is 0 Å². The molecule has 3 rings (SSSR count). The van der Waals surface area contributed by atoms with Crippen molar-refractivity contribution < 1.29 is 9.18 Å². The first-order valence-electron chi connectivity index (χ1n) is 6.43. The lowest BCUT2D eigenvalue weighted by Gasteiger charge is -2.35. The summed E-state index contributed by atoms with van der Waals surface area (Å²) >= 11 is 1.37. The lowest BCUT2D eigenvalue weighted by molar-refractivity contribution is 0.0746. The number of carbonyl (C=O) groups is 1. The predicted molar refractivity (Wildman–Crippen MR) is 76.6 cm³/mol. The number of amides is 1. The number of carbonyl (C=O) groups excluding carboxylic acids is 1. The van der Waals surface area contributed by atoms with Crippen LogP contribution in [0.4, 0.5) is 10.1 Å². The van der Waals surface area contributed by atoms with Crippen molar-refractivity contribution in [1.29, 1.82) is 0 Å². The number of benzene rings is 1. The van der Waals surface area contributed by atoms with Gasteiger partial charge in [0.15, 0.2) is 5.01 Å². The molecule has 0 radical (unpaired) electrons. The quantitative estimate of drug-likeness (QED) is 0.851. The van der Waals surface area contributed by atoms with E-state index in [0.29, 0.717) is 18.1 Å². The molecular formula is C14H14FN3OS. The summed E-state index contributed by atoms with van der Waals surface area (Å²) in [6.45, 7) is 2.83. The molecule has 0 saturated carbocycles. The fraction of sp³-hybridized carbons (Fsp3) is 0.286. The Hall–Kier alpha value is -1.95. The van der Waals surface area contributed by atoms with E-state index in [9.17, 15) is 9.18 Å². The molecule has 104 valence electrons. The van der Waals surface area contributed by atoms with Gasteiger partial charge in [0, 0.05) is 43.4 Å². The minimum Gasteiger partial charge on any atom is -0.368 e. The van der Waals surface area contributed by atoms with Gasteiger partial charge in [0.2, 0.25) is 0 Å². The first kappa shape index (κ1) is 13.1. The van der Waals surface area contributed by atoms with Crippen LogP contribution in [-0.2, 0) is 0 Å². The van der Waals surface area contributed by atoms with Crippen molar-refractivity contribution in [3.8, 4) is 0 Å². The monoisotopic (exact) mass is 291 g/mol. The Morgan fingerprint density at radius 1 is 1.15 bits per heavy atom. The molecule has 1 saturated heterocycles. The molecule has 1 aliphatic rings. The van der Waals surface area contributed by atoms with Crippen molar-refractivity contribution in [3.05, 3.63) is 46.7 Å². The molecule has 1 amide bonds. The van der Waals surface area contributed by atoms with Crippen molar-refractivity contribution in [3.63, 3.8) is 0 Å². The Labute approximate surface area is 120 Å². The van der Waals surface area contributed by atoms with Gasteiger partial charge in [0.05, 0.1) is 0 Å². The normalized spacial score (nSPS) is 15.4. The lowest BCUT2D eigenvalue weighted by Crippen LogP contribution is -2.48. The molecule has 0 unspecified atom stereocenters. The van der Waals surface area contributed by atoms with Crippen molar-refractivity contribution in [1.82, 2.24) is 9.88 Å². The number of aromatic nitrogens is 1. The smallest absolute Gasteiger partial charge is 0.282 e. The molecule has 1 aliphatic heterocycles. The summed E-state index contributed by atoms with van der Waals surface area (Å²) < 4.78 is 12.9. The number of nitrogens with zero attached hydrogens (tertiary/aromatic N) is 3. The Morgan fingerprint density at radius 3 is 2.45 bits per heavy atom. The summed E-state index contributed by atoms with van der Waals surface area (Å²) in [7, 11) is 0. The third-order valence-corrected chi connectivity index (χ3v) is 4.14. The molecule has 0 atom stereocenters. The van der Waals surface area contributed by atoms with E-state index in [-0.39, 0.29) is 11.7 Å². The standard InChI is InChI=1S/C14H14FN3OS/c15-11-1-3-12(4-2-11)17-6-8-18(9-7-17)14(19)13-16-5-10-20-13/h1-5,10H,6-9H2. The Balaban J connectivity index is 1.62. The van der Waals surface area contributed by atoms with Gasteiger partial charge in [-0.2, -0.15) is 0 Å². The minimum absolute atomic E-state index is 0.00115. The van der Waals surface area contributed by atoms with Gasteiger partial charge in [-0.1, -0.05) is 0 Å². The number of hydrogen-bond acceptors (Lipinski definition) is 4. The second-order valence-corrected chi connectivity index (χ2v) is 5.49. The van der Waals surface area contributed by atoms with Crippen LogP contribution in [0.25, 0.3) is 0 Å². The molecule has 4 nitrogen and oxygen atoms in total. The zero-order valence-electron chi connectivity index (χ0n) is 10.8. The van der Waals surface area contributed by atoms with Gasteiger partial charge in [-0.3, -0.25) is 4.79 Å². The molecule has 2 heterocycles. The summed E-state index contributed by atoms with van der Waals surface area (Å²) in [5, 5.41) is 2.35. The van der Waals surface area contributed by atoms with Crippen LogP contribution in [0.15, 0.2) is 35.8 Å². The van der Waals surface area contributed by atoms with Crippen LogP contribution in [0.5, 0.6) is 0 Å². The maximum absolute atomic E-state index is 12.9. The predicted octanol–water partition coefficient (Wildman–Crippen LogP) is 2.24. The number of thiazole rings is 1. The fourth-order valence-electron chi connectivity index (χ4n) is 2.28. The molecule has 0 bridgehead atoms. The average molecular weight is 291 g/mol. The average Bonchev–Trinajstić information content (AvgIpc) is 3.02. The van der Waals surface area contributed by atoms with E-state index in [1.165, 1.54) is 23.5 Å². The number of anilines is 1. The Kier molecular flexibility index (Phi) is 3.64. The molecule has 1 aromatic carbocycles.